The third-order valence-corrected chi connectivity index (χ3v) is 3.00. The molecule has 86 valence electrons. The van der Waals surface area contributed by atoms with Crippen molar-refractivity contribution in [2.75, 3.05) is 0 Å². The number of amides is 1. The minimum absolute atomic E-state index is 0.0925. The molecule has 0 radical (unpaired) electrons. The van der Waals surface area contributed by atoms with Gasteiger partial charge in [-0.15, -0.1) is 0 Å². The number of ether oxygens (including phenoxy) is 1. The summed E-state index contributed by atoms with van der Waals surface area (Å²) in [5.41, 5.74) is 1.06. The van der Waals surface area contributed by atoms with Crippen LogP contribution >= 0.6 is 0 Å². The highest BCUT2D eigenvalue weighted by molar-refractivity contribution is 5.71. The first kappa shape index (κ1) is 11.0. The standard InChI is InChI=1S/C13H17NO2/c1-9(2)14-10(3)12(16-13(14)15)11-7-5-4-6-8-11/h4-10,12H,1-3H3. The van der Waals surface area contributed by atoms with Crippen molar-refractivity contribution in [2.45, 2.75) is 39.0 Å². The van der Waals surface area contributed by atoms with E-state index in [2.05, 4.69) is 0 Å². The van der Waals surface area contributed by atoms with Gasteiger partial charge in [-0.2, -0.15) is 0 Å². The van der Waals surface area contributed by atoms with Crippen LogP contribution in [-0.2, 0) is 4.74 Å². The Labute approximate surface area is 96.0 Å². The molecule has 0 bridgehead atoms. The van der Waals surface area contributed by atoms with E-state index < -0.39 is 0 Å². The molecule has 2 rings (SSSR count). The summed E-state index contributed by atoms with van der Waals surface area (Å²) in [6.07, 6.45) is -0.354. The van der Waals surface area contributed by atoms with E-state index in [1.807, 2.05) is 51.1 Å². The van der Waals surface area contributed by atoms with Crippen LogP contribution in [0, 0.1) is 0 Å². The Morgan fingerprint density at radius 3 is 2.38 bits per heavy atom. The zero-order chi connectivity index (χ0) is 11.7. The molecule has 0 spiro atoms. The van der Waals surface area contributed by atoms with Gasteiger partial charge in [-0.25, -0.2) is 4.79 Å². The van der Waals surface area contributed by atoms with Crippen LogP contribution in [-0.4, -0.2) is 23.1 Å². The predicted molar refractivity (Wildman–Crippen MR) is 62.1 cm³/mol. The molecule has 0 N–H and O–H groups in total. The topological polar surface area (TPSA) is 29.5 Å². The van der Waals surface area contributed by atoms with E-state index in [4.69, 9.17) is 4.74 Å². The van der Waals surface area contributed by atoms with Crippen molar-refractivity contribution in [1.29, 1.82) is 0 Å². The van der Waals surface area contributed by atoms with Gasteiger partial charge in [0.15, 0.2) is 0 Å². The molecule has 3 nitrogen and oxygen atoms in total. The Bertz CT molecular complexity index is 375. The SMILES string of the molecule is CC(C)N1C(=O)OC(c2ccccc2)C1C. The highest BCUT2D eigenvalue weighted by Crippen LogP contribution is 2.33. The fourth-order valence-electron chi connectivity index (χ4n) is 2.25. The van der Waals surface area contributed by atoms with Crippen molar-refractivity contribution in [3.05, 3.63) is 35.9 Å². The summed E-state index contributed by atoms with van der Waals surface area (Å²) in [6, 6.07) is 10.2. The summed E-state index contributed by atoms with van der Waals surface area (Å²) in [7, 11) is 0. The molecule has 1 fully saturated rings. The molecule has 2 atom stereocenters. The number of rotatable bonds is 2. The second-order valence-corrected chi connectivity index (χ2v) is 4.46. The van der Waals surface area contributed by atoms with E-state index in [0.717, 1.165) is 5.56 Å². The number of carbonyl (C=O) groups is 1. The summed E-state index contributed by atoms with van der Waals surface area (Å²) in [4.78, 5) is 13.5. The van der Waals surface area contributed by atoms with E-state index in [9.17, 15) is 4.79 Å². The number of nitrogens with zero attached hydrogens (tertiary/aromatic N) is 1. The molecule has 3 heteroatoms. The van der Waals surface area contributed by atoms with Gasteiger partial charge in [0.1, 0.15) is 6.10 Å². The summed E-state index contributed by atoms with van der Waals surface area (Å²) in [5.74, 6) is 0. The molecule has 1 aliphatic rings. The van der Waals surface area contributed by atoms with Gasteiger partial charge >= 0.3 is 6.09 Å². The molecular weight excluding hydrogens is 202 g/mol. The average Bonchev–Trinajstić information content (AvgIpc) is 2.55. The molecule has 1 heterocycles. The van der Waals surface area contributed by atoms with Crippen molar-refractivity contribution in [3.63, 3.8) is 0 Å². The van der Waals surface area contributed by atoms with Crippen molar-refractivity contribution in [1.82, 2.24) is 4.90 Å². The first-order valence-corrected chi connectivity index (χ1v) is 5.65. The largest absolute Gasteiger partial charge is 0.439 e. The van der Waals surface area contributed by atoms with Gasteiger partial charge in [0.05, 0.1) is 6.04 Å². The Balaban J connectivity index is 2.24. The lowest BCUT2D eigenvalue weighted by atomic mass is 10.0. The number of hydrogen-bond donors (Lipinski definition) is 0. The third-order valence-electron chi connectivity index (χ3n) is 3.00. The second kappa shape index (κ2) is 4.16. The Morgan fingerprint density at radius 1 is 1.25 bits per heavy atom. The van der Waals surface area contributed by atoms with Crippen LogP contribution in [0.2, 0.25) is 0 Å². The quantitative estimate of drug-likeness (QED) is 0.765. The van der Waals surface area contributed by atoms with Crippen molar-refractivity contribution in [2.24, 2.45) is 0 Å². The lowest BCUT2D eigenvalue weighted by molar-refractivity contribution is 0.129. The normalized spacial score (nSPS) is 25.0. The van der Waals surface area contributed by atoms with Gasteiger partial charge in [0, 0.05) is 6.04 Å². The van der Waals surface area contributed by atoms with Crippen LogP contribution in [0.25, 0.3) is 0 Å². The monoisotopic (exact) mass is 219 g/mol. The van der Waals surface area contributed by atoms with E-state index in [1.54, 1.807) is 4.90 Å². The molecule has 1 saturated heterocycles. The summed E-state index contributed by atoms with van der Waals surface area (Å²) in [6.45, 7) is 6.04. The summed E-state index contributed by atoms with van der Waals surface area (Å²) in [5, 5.41) is 0. The minimum atomic E-state index is -0.212. The van der Waals surface area contributed by atoms with Gasteiger partial charge in [-0.1, -0.05) is 30.3 Å². The highest BCUT2D eigenvalue weighted by Gasteiger charge is 2.40. The zero-order valence-electron chi connectivity index (χ0n) is 9.88. The molecule has 2 unspecified atom stereocenters. The smallest absolute Gasteiger partial charge is 0.411 e. The van der Waals surface area contributed by atoms with Crippen molar-refractivity contribution < 1.29 is 9.53 Å². The molecule has 0 aromatic heterocycles. The van der Waals surface area contributed by atoms with E-state index >= 15 is 0 Å². The second-order valence-electron chi connectivity index (χ2n) is 4.46. The van der Waals surface area contributed by atoms with Gasteiger partial charge in [0.2, 0.25) is 0 Å². The van der Waals surface area contributed by atoms with Gasteiger partial charge < -0.3 is 4.74 Å². The number of cyclic esters (lactones) is 1. The van der Waals surface area contributed by atoms with E-state index in [0.29, 0.717) is 0 Å². The number of carbonyl (C=O) groups excluding carboxylic acids is 1. The van der Waals surface area contributed by atoms with E-state index in [-0.39, 0.29) is 24.3 Å². The molecule has 1 amide bonds. The fraction of sp³-hybridized carbons (Fsp3) is 0.462. The molecule has 0 saturated carbocycles. The predicted octanol–water partition coefficient (Wildman–Crippen LogP) is 2.98. The van der Waals surface area contributed by atoms with Crippen molar-refractivity contribution in [3.8, 4) is 0 Å². The van der Waals surface area contributed by atoms with E-state index in [1.165, 1.54) is 0 Å². The van der Waals surface area contributed by atoms with Gasteiger partial charge in [-0.3, -0.25) is 4.90 Å². The van der Waals surface area contributed by atoms with Crippen molar-refractivity contribution >= 4 is 6.09 Å². The fourth-order valence-corrected chi connectivity index (χ4v) is 2.25. The third kappa shape index (κ3) is 1.77. The Hall–Kier alpha value is -1.51. The van der Waals surface area contributed by atoms with Crippen LogP contribution in [0.15, 0.2) is 30.3 Å². The maximum absolute atomic E-state index is 11.7. The summed E-state index contributed by atoms with van der Waals surface area (Å²) >= 11 is 0. The molecule has 0 aliphatic carbocycles. The molecular formula is C13H17NO2. The summed E-state index contributed by atoms with van der Waals surface area (Å²) < 4.78 is 5.42. The van der Waals surface area contributed by atoms with Crippen LogP contribution < -0.4 is 0 Å². The van der Waals surface area contributed by atoms with Crippen LogP contribution in [0.5, 0.6) is 0 Å². The maximum atomic E-state index is 11.7. The molecule has 1 aromatic rings. The highest BCUT2D eigenvalue weighted by atomic mass is 16.6. The Morgan fingerprint density at radius 2 is 1.88 bits per heavy atom. The number of benzene rings is 1. The molecule has 16 heavy (non-hydrogen) atoms. The Kier molecular flexibility index (Phi) is 2.86. The van der Waals surface area contributed by atoms with Gasteiger partial charge in [0.25, 0.3) is 0 Å². The molecule has 1 aliphatic heterocycles. The van der Waals surface area contributed by atoms with Crippen LogP contribution in [0.3, 0.4) is 0 Å². The molecule has 1 aromatic carbocycles. The maximum Gasteiger partial charge on any atom is 0.411 e. The van der Waals surface area contributed by atoms with Crippen LogP contribution in [0.1, 0.15) is 32.4 Å². The van der Waals surface area contributed by atoms with Crippen LogP contribution in [0.4, 0.5) is 4.79 Å². The lowest BCUT2D eigenvalue weighted by Gasteiger charge is -2.24. The first-order valence-electron chi connectivity index (χ1n) is 5.65. The average molecular weight is 219 g/mol. The minimum Gasteiger partial charge on any atom is -0.439 e. The zero-order valence-corrected chi connectivity index (χ0v) is 9.88. The first-order chi connectivity index (χ1) is 7.61. The lowest BCUT2D eigenvalue weighted by Crippen LogP contribution is -2.37. The van der Waals surface area contributed by atoms with Gasteiger partial charge in [-0.05, 0) is 26.3 Å². The number of hydrogen-bond acceptors (Lipinski definition) is 2.